The van der Waals surface area contributed by atoms with Gasteiger partial charge < -0.3 is 5.11 Å². The van der Waals surface area contributed by atoms with Crippen molar-refractivity contribution in [2.45, 2.75) is 0 Å². The fraction of sp³-hybridized carbons (Fsp3) is 0. The van der Waals surface area contributed by atoms with Gasteiger partial charge in [0.15, 0.2) is 0 Å². The average molecular weight is 136 g/mol. The summed E-state index contributed by atoms with van der Waals surface area (Å²) in [6.07, 6.45) is 2.95. The molecular formula is C4H5KN2O. The zero-order valence-corrected chi connectivity index (χ0v) is 3.57. The third-order valence-corrected chi connectivity index (χ3v) is 0.552. The maximum absolute atomic E-state index is 8.41. The van der Waals surface area contributed by atoms with E-state index in [0.717, 1.165) is 0 Å². The molecule has 1 aromatic rings. The molecule has 0 radical (unpaired) electrons. The third kappa shape index (κ3) is 2.73. The van der Waals surface area contributed by atoms with E-state index >= 15 is 0 Å². The molecule has 38 valence electrons. The van der Waals surface area contributed by atoms with Gasteiger partial charge in [-0.15, -0.1) is 0 Å². The number of hydrogen-bond acceptors (Lipinski definition) is 3. The summed E-state index contributed by atoms with van der Waals surface area (Å²) in [5.74, 6) is 0. The van der Waals surface area contributed by atoms with Crippen LogP contribution in [0.4, 0.5) is 0 Å². The minimum absolute atomic E-state index is 0. The molecule has 0 aromatic carbocycles. The summed E-state index contributed by atoms with van der Waals surface area (Å²) in [7, 11) is 0. The number of nitrogens with zero attached hydrogens (tertiary/aromatic N) is 2. The Morgan fingerprint density at radius 3 is 2.00 bits per heavy atom. The molecule has 0 aliphatic rings. The van der Waals surface area contributed by atoms with Gasteiger partial charge in [0.1, 0.15) is 0 Å². The number of rotatable bonds is 0. The van der Waals surface area contributed by atoms with E-state index in [2.05, 4.69) is 9.97 Å². The van der Waals surface area contributed by atoms with Crippen LogP contribution in [-0.2, 0) is 0 Å². The van der Waals surface area contributed by atoms with Crippen molar-refractivity contribution in [3.05, 3.63) is 18.5 Å². The molecule has 0 atom stereocenters. The van der Waals surface area contributed by atoms with Gasteiger partial charge in [0.05, 0.1) is 0 Å². The van der Waals surface area contributed by atoms with Crippen LogP contribution >= 0.6 is 0 Å². The first-order valence-corrected chi connectivity index (χ1v) is 1.85. The summed E-state index contributed by atoms with van der Waals surface area (Å²) in [6.45, 7) is 0. The number of aromatic nitrogens is 2. The van der Waals surface area contributed by atoms with Crippen molar-refractivity contribution in [1.29, 1.82) is 0 Å². The average Bonchev–Trinajstić information content (AvgIpc) is 1.69. The zero-order valence-electron chi connectivity index (χ0n) is 3.57. The minimum atomic E-state index is -0.178. The van der Waals surface area contributed by atoms with E-state index in [1.807, 2.05) is 0 Å². The molecule has 0 saturated carbocycles. The second kappa shape index (κ2) is 4.40. The van der Waals surface area contributed by atoms with E-state index in [1.54, 1.807) is 6.07 Å². The molecule has 4 heteroatoms. The molecule has 0 bridgehead atoms. The van der Waals surface area contributed by atoms with Gasteiger partial charge in [-0.25, -0.2) is 9.97 Å². The standard InChI is InChI=1S/C4H4N2O.K.H/c7-4-5-2-1-3-6-4;;/h1-3H,(H,5,6,7);;. The molecule has 0 saturated heterocycles. The molecule has 0 amide bonds. The van der Waals surface area contributed by atoms with E-state index in [-0.39, 0.29) is 57.4 Å². The van der Waals surface area contributed by atoms with Gasteiger partial charge in [-0.1, -0.05) is 0 Å². The van der Waals surface area contributed by atoms with Crippen molar-refractivity contribution in [3.8, 4) is 6.01 Å². The van der Waals surface area contributed by atoms with Crippen LogP contribution in [0.5, 0.6) is 6.01 Å². The van der Waals surface area contributed by atoms with Crippen LogP contribution in [0.1, 0.15) is 0 Å². The van der Waals surface area contributed by atoms with Crippen molar-refractivity contribution in [2.24, 2.45) is 0 Å². The summed E-state index contributed by atoms with van der Waals surface area (Å²) in [4.78, 5) is 6.85. The van der Waals surface area contributed by atoms with E-state index in [9.17, 15) is 0 Å². The van der Waals surface area contributed by atoms with Gasteiger partial charge in [-0.2, -0.15) is 0 Å². The predicted octanol–water partition coefficient (Wildman–Crippen LogP) is -0.466. The second-order valence-electron chi connectivity index (χ2n) is 1.05. The van der Waals surface area contributed by atoms with Crippen LogP contribution in [0, 0.1) is 0 Å². The quantitative estimate of drug-likeness (QED) is 0.491. The van der Waals surface area contributed by atoms with Crippen molar-refractivity contribution >= 4 is 51.4 Å². The van der Waals surface area contributed by atoms with Gasteiger partial charge in [0, 0.05) is 12.4 Å². The Labute approximate surface area is 89.6 Å². The van der Waals surface area contributed by atoms with Crippen LogP contribution < -0.4 is 0 Å². The van der Waals surface area contributed by atoms with Crippen LogP contribution in [0.3, 0.4) is 0 Å². The van der Waals surface area contributed by atoms with Crippen molar-refractivity contribution < 1.29 is 5.11 Å². The molecule has 3 nitrogen and oxygen atoms in total. The topological polar surface area (TPSA) is 46.0 Å². The fourth-order valence-corrected chi connectivity index (χ4v) is 0.291. The monoisotopic (exact) mass is 136 g/mol. The first-order valence-electron chi connectivity index (χ1n) is 1.85. The molecule has 8 heavy (non-hydrogen) atoms. The van der Waals surface area contributed by atoms with Gasteiger partial charge in [-0.05, 0) is 6.07 Å². The number of aromatic hydroxyl groups is 1. The SMILES string of the molecule is Oc1ncccn1.[KH]. The third-order valence-electron chi connectivity index (χ3n) is 0.552. The Hall–Kier alpha value is 0.516. The molecule has 1 aromatic heterocycles. The van der Waals surface area contributed by atoms with Crippen molar-refractivity contribution in [1.82, 2.24) is 9.97 Å². The first-order chi connectivity index (χ1) is 3.39. The zero-order chi connectivity index (χ0) is 5.11. The van der Waals surface area contributed by atoms with Crippen LogP contribution in [-0.4, -0.2) is 66.5 Å². The van der Waals surface area contributed by atoms with Crippen molar-refractivity contribution in [2.75, 3.05) is 0 Å². The van der Waals surface area contributed by atoms with Crippen LogP contribution in [0.25, 0.3) is 0 Å². The molecule has 1 rings (SSSR count). The van der Waals surface area contributed by atoms with Crippen LogP contribution in [0.2, 0.25) is 0 Å². The molecular weight excluding hydrogens is 131 g/mol. The van der Waals surface area contributed by atoms with Gasteiger partial charge >= 0.3 is 57.4 Å². The van der Waals surface area contributed by atoms with E-state index in [4.69, 9.17) is 5.11 Å². The summed E-state index contributed by atoms with van der Waals surface area (Å²) >= 11 is 0. The van der Waals surface area contributed by atoms with Gasteiger partial charge in [0.2, 0.25) is 0 Å². The Morgan fingerprint density at radius 1 is 1.25 bits per heavy atom. The first kappa shape index (κ1) is 8.52. The van der Waals surface area contributed by atoms with Crippen molar-refractivity contribution in [3.63, 3.8) is 0 Å². The molecule has 1 N–H and O–H groups in total. The molecule has 0 aliphatic carbocycles. The fourth-order valence-electron chi connectivity index (χ4n) is 0.291. The van der Waals surface area contributed by atoms with Gasteiger partial charge in [0.25, 0.3) is 0 Å². The second-order valence-corrected chi connectivity index (χ2v) is 1.05. The number of hydrogen-bond donors (Lipinski definition) is 1. The van der Waals surface area contributed by atoms with E-state index < -0.39 is 0 Å². The Balaban J connectivity index is 0.000000490. The maximum atomic E-state index is 8.41. The molecule has 1 heterocycles. The van der Waals surface area contributed by atoms with E-state index in [0.29, 0.717) is 0 Å². The summed E-state index contributed by atoms with van der Waals surface area (Å²) in [5.41, 5.74) is 0. The summed E-state index contributed by atoms with van der Waals surface area (Å²) in [6, 6.07) is 1.46. The molecule has 0 spiro atoms. The van der Waals surface area contributed by atoms with Crippen LogP contribution in [0.15, 0.2) is 18.5 Å². The predicted molar refractivity (Wildman–Crippen MR) is 30.8 cm³/mol. The normalized spacial score (nSPS) is 7.50. The Morgan fingerprint density at radius 2 is 1.75 bits per heavy atom. The molecule has 0 fully saturated rings. The summed E-state index contributed by atoms with van der Waals surface area (Å²) in [5, 5.41) is 8.41. The Bertz CT molecular complexity index is 144. The Kier molecular flexibility index (Phi) is 4.68. The van der Waals surface area contributed by atoms with Gasteiger partial charge in [-0.3, -0.25) is 0 Å². The molecule has 0 unspecified atom stereocenters. The van der Waals surface area contributed by atoms with E-state index in [1.165, 1.54) is 12.4 Å². The summed E-state index contributed by atoms with van der Waals surface area (Å²) < 4.78 is 0. The molecule has 0 aliphatic heterocycles.